The molecule has 0 bridgehead atoms. The lowest BCUT2D eigenvalue weighted by atomic mass is 9.77. The van der Waals surface area contributed by atoms with Crippen molar-refractivity contribution in [3.63, 3.8) is 0 Å². The van der Waals surface area contributed by atoms with Gasteiger partial charge in [-0.2, -0.15) is 0 Å². The largest absolute Gasteiger partial charge is 0.481 e. The van der Waals surface area contributed by atoms with Crippen LogP contribution < -0.4 is 0 Å². The van der Waals surface area contributed by atoms with Crippen LogP contribution in [0.1, 0.15) is 44.3 Å². The van der Waals surface area contributed by atoms with Crippen molar-refractivity contribution in [3.8, 4) is 0 Å². The van der Waals surface area contributed by atoms with Gasteiger partial charge in [-0.3, -0.25) is 9.20 Å². The highest BCUT2D eigenvalue weighted by molar-refractivity contribution is 9.10. The normalized spacial score (nSPS) is 18.5. The van der Waals surface area contributed by atoms with Gasteiger partial charge in [-0.05, 0) is 40.9 Å². The molecule has 5 nitrogen and oxygen atoms in total. The van der Waals surface area contributed by atoms with Crippen LogP contribution in [0, 0.1) is 5.41 Å². The molecule has 0 aliphatic heterocycles. The molecular formula is C15H18BrN3O2. The molecule has 1 aliphatic rings. The van der Waals surface area contributed by atoms with E-state index in [0.29, 0.717) is 6.42 Å². The molecule has 6 heteroatoms. The van der Waals surface area contributed by atoms with E-state index < -0.39 is 11.4 Å². The number of aliphatic carboxylic acids is 1. The number of pyridine rings is 1. The first-order valence-electron chi connectivity index (χ1n) is 7.33. The Bertz CT molecular complexity index is 660. The fourth-order valence-corrected chi connectivity index (χ4v) is 3.54. The second-order valence-corrected chi connectivity index (χ2v) is 6.78. The number of hydrogen-bond donors (Lipinski definition) is 1. The van der Waals surface area contributed by atoms with E-state index >= 15 is 0 Å². The molecular weight excluding hydrogens is 334 g/mol. The average molecular weight is 352 g/mol. The topological polar surface area (TPSA) is 67.5 Å². The quantitative estimate of drug-likeness (QED) is 0.859. The maximum atomic E-state index is 11.9. The lowest BCUT2D eigenvalue weighted by molar-refractivity contribution is -0.150. The Labute approximate surface area is 131 Å². The molecule has 2 aromatic rings. The van der Waals surface area contributed by atoms with Crippen molar-refractivity contribution >= 4 is 27.5 Å². The molecule has 0 amide bonds. The van der Waals surface area contributed by atoms with Crippen LogP contribution >= 0.6 is 15.9 Å². The second-order valence-electron chi connectivity index (χ2n) is 5.87. The Morgan fingerprint density at radius 2 is 1.95 bits per heavy atom. The first kappa shape index (κ1) is 14.5. The van der Waals surface area contributed by atoms with E-state index in [1.807, 2.05) is 22.7 Å². The van der Waals surface area contributed by atoms with E-state index in [2.05, 4.69) is 26.1 Å². The van der Waals surface area contributed by atoms with Gasteiger partial charge < -0.3 is 5.11 Å². The van der Waals surface area contributed by atoms with E-state index in [1.54, 1.807) is 0 Å². The number of nitrogens with zero attached hydrogens (tertiary/aromatic N) is 3. The molecule has 1 fully saturated rings. The minimum absolute atomic E-state index is 0.444. The van der Waals surface area contributed by atoms with E-state index in [4.69, 9.17) is 0 Å². The molecule has 21 heavy (non-hydrogen) atoms. The van der Waals surface area contributed by atoms with Crippen LogP contribution in [0.25, 0.3) is 5.65 Å². The summed E-state index contributed by atoms with van der Waals surface area (Å²) in [4.78, 5) is 11.9. The molecule has 1 saturated carbocycles. The van der Waals surface area contributed by atoms with E-state index in [0.717, 1.165) is 54.5 Å². The minimum Gasteiger partial charge on any atom is -0.481 e. The molecule has 1 aliphatic carbocycles. The van der Waals surface area contributed by atoms with Crippen LogP contribution in [0.15, 0.2) is 22.8 Å². The molecule has 0 atom stereocenters. The molecule has 2 aromatic heterocycles. The van der Waals surface area contributed by atoms with Gasteiger partial charge in [0.25, 0.3) is 0 Å². The highest BCUT2D eigenvalue weighted by atomic mass is 79.9. The molecule has 0 radical (unpaired) electrons. The molecule has 3 rings (SSSR count). The fourth-order valence-electron chi connectivity index (χ4n) is 3.21. The van der Waals surface area contributed by atoms with Crippen molar-refractivity contribution in [2.24, 2.45) is 5.41 Å². The number of fused-ring (bicyclic) bond motifs is 1. The van der Waals surface area contributed by atoms with Crippen LogP contribution in [0.5, 0.6) is 0 Å². The molecule has 0 aromatic carbocycles. The zero-order valence-corrected chi connectivity index (χ0v) is 13.3. The lowest BCUT2D eigenvalue weighted by Crippen LogP contribution is -2.33. The highest BCUT2D eigenvalue weighted by Gasteiger charge is 2.40. The monoisotopic (exact) mass is 351 g/mol. The molecule has 0 spiro atoms. The number of aromatic nitrogens is 3. The van der Waals surface area contributed by atoms with Gasteiger partial charge >= 0.3 is 5.97 Å². The van der Waals surface area contributed by atoms with Gasteiger partial charge in [0.15, 0.2) is 5.65 Å². The summed E-state index contributed by atoms with van der Waals surface area (Å²) in [6.07, 6.45) is 8.01. The number of rotatable bonds is 3. The van der Waals surface area contributed by atoms with Gasteiger partial charge in [-0.25, -0.2) is 0 Å². The molecule has 112 valence electrons. The summed E-state index contributed by atoms with van der Waals surface area (Å²) in [5, 5.41) is 18.1. The summed E-state index contributed by atoms with van der Waals surface area (Å²) in [5.41, 5.74) is 0.0595. The number of halogens is 1. The number of carbonyl (C=O) groups is 1. The maximum Gasteiger partial charge on any atom is 0.310 e. The Balaban J connectivity index is 1.97. The van der Waals surface area contributed by atoms with Crippen molar-refractivity contribution in [2.75, 3.05) is 0 Å². The summed E-state index contributed by atoms with van der Waals surface area (Å²) in [6.45, 7) is 0. The third-order valence-corrected chi connectivity index (χ3v) is 4.92. The van der Waals surface area contributed by atoms with Crippen LogP contribution in [-0.2, 0) is 11.2 Å². The predicted octanol–water partition coefficient (Wildman–Crippen LogP) is 3.46. The number of carboxylic acid groups (broad SMARTS) is 1. The minimum atomic E-state index is -0.698. The third kappa shape index (κ3) is 2.81. The first-order chi connectivity index (χ1) is 10.1. The van der Waals surface area contributed by atoms with Gasteiger partial charge in [-0.1, -0.05) is 25.7 Å². The standard InChI is InChI=1S/C15H18BrN3O2/c16-11-5-6-12-17-18-13(19(12)10-11)9-15(14(20)21)7-3-1-2-4-8-15/h5-6,10H,1-4,7-9H2,(H,20,21). The summed E-state index contributed by atoms with van der Waals surface area (Å²) < 4.78 is 2.82. The van der Waals surface area contributed by atoms with E-state index in [1.165, 1.54) is 0 Å². The zero-order valence-electron chi connectivity index (χ0n) is 11.8. The van der Waals surface area contributed by atoms with Crippen molar-refractivity contribution in [3.05, 3.63) is 28.6 Å². The summed E-state index contributed by atoms with van der Waals surface area (Å²) in [6, 6.07) is 3.79. The third-order valence-electron chi connectivity index (χ3n) is 4.45. The van der Waals surface area contributed by atoms with Crippen molar-refractivity contribution in [2.45, 2.75) is 44.9 Å². The van der Waals surface area contributed by atoms with Gasteiger partial charge in [0.05, 0.1) is 5.41 Å². The van der Waals surface area contributed by atoms with Gasteiger partial charge in [0.2, 0.25) is 0 Å². The van der Waals surface area contributed by atoms with E-state index in [9.17, 15) is 9.90 Å². The Morgan fingerprint density at radius 1 is 1.24 bits per heavy atom. The van der Waals surface area contributed by atoms with Crippen LogP contribution in [0.3, 0.4) is 0 Å². The highest BCUT2D eigenvalue weighted by Crippen LogP contribution is 2.38. The molecule has 0 saturated heterocycles. The lowest BCUT2D eigenvalue weighted by Gasteiger charge is -2.27. The van der Waals surface area contributed by atoms with Crippen LogP contribution in [0.4, 0.5) is 0 Å². The van der Waals surface area contributed by atoms with Crippen LogP contribution in [0.2, 0.25) is 0 Å². The summed E-state index contributed by atoms with van der Waals surface area (Å²) >= 11 is 3.44. The van der Waals surface area contributed by atoms with E-state index in [-0.39, 0.29) is 0 Å². The fraction of sp³-hybridized carbons (Fsp3) is 0.533. The Hall–Kier alpha value is -1.43. The Morgan fingerprint density at radius 3 is 2.62 bits per heavy atom. The average Bonchev–Trinajstić information content (AvgIpc) is 2.69. The predicted molar refractivity (Wildman–Crippen MR) is 82.2 cm³/mol. The summed E-state index contributed by atoms with van der Waals surface area (Å²) in [5.74, 6) is 0.0340. The number of hydrogen-bond acceptors (Lipinski definition) is 3. The van der Waals surface area contributed by atoms with Crippen molar-refractivity contribution < 1.29 is 9.90 Å². The molecule has 0 unspecified atom stereocenters. The molecule has 2 heterocycles. The van der Waals surface area contributed by atoms with Gasteiger partial charge in [-0.15, -0.1) is 10.2 Å². The van der Waals surface area contributed by atoms with Gasteiger partial charge in [0, 0.05) is 17.1 Å². The summed E-state index contributed by atoms with van der Waals surface area (Å²) in [7, 11) is 0. The second kappa shape index (κ2) is 5.75. The smallest absolute Gasteiger partial charge is 0.310 e. The Kier molecular flexibility index (Phi) is 3.97. The maximum absolute atomic E-state index is 11.9. The van der Waals surface area contributed by atoms with Crippen LogP contribution in [-0.4, -0.2) is 25.7 Å². The first-order valence-corrected chi connectivity index (χ1v) is 8.13. The number of carboxylic acids is 1. The van der Waals surface area contributed by atoms with Crippen molar-refractivity contribution in [1.29, 1.82) is 0 Å². The van der Waals surface area contributed by atoms with Crippen molar-refractivity contribution in [1.82, 2.24) is 14.6 Å². The van der Waals surface area contributed by atoms with Gasteiger partial charge in [0.1, 0.15) is 5.82 Å². The zero-order chi connectivity index (χ0) is 14.9. The SMILES string of the molecule is O=C(O)C1(Cc2nnc3ccc(Br)cn23)CCCCCC1. The molecule has 1 N–H and O–H groups in total.